The number of carbonyl (C=O) groups is 1. The maximum absolute atomic E-state index is 12.2. The van der Waals surface area contributed by atoms with Crippen LogP contribution in [0.2, 0.25) is 0 Å². The van der Waals surface area contributed by atoms with Crippen LogP contribution in [0.4, 0.5) is 5.82 Å². The summed E-state index contributed by atoms with van der Waals surface area (Å²) in [5, 5.41) is 2.69. The average molecular weight is 301 g/mol. The average Bonchev–Trinajstić information content (AvgIpc) is 2.45. The Morgan fingerprint density at radius 1 is 1.24 bits per heavy atom. The number of anilines is 1. The zero-order valence-electron chi connectivity index (χ0n) is 11.8. The molecule has 1 unspecified atom stereocenters. The van der Waals surface area contributed by atoms with Gasteiger partial charge in [-0.2, -0.15) is 0 Å². The summed E-state index contributed by atoms with van der Waals surface area (Å²) in [6.07, 6.45) is 2.27. The number of H-pyrrole nitrogens is 1. The van der Waals surface area contributed by atoms with Crippen molar-refractivity contribution in [2.45, 2.75) is 24.2 Å². The molecule has 2 N–H and O–H groups in total. The molecule has 0 aliphatic carbocycles. The van der Waals surface area contributed by atoms with Crippen molar-refractivity contribution in [2.24, 2.45) is 0 Å². The first-order chi connectivity index (χ1) is 10.1. The number of hydrogen-bond acceptors (Lipinski definition) is 4. The van der Waals surface area contributed by atoms with Crippen molar-refractivity contribution in [2.75, 3.05) is 11.6 Å². The van der Waals surface area contributed by atoms with Gasteiger partial charge in [0.1, 0.15) is 11.6 Å². The highest BCUT2D eigenvalue weighted by Crippen LogP contribution is 2.34. The first-order valence-corrected chi connectivity index (χ1v) is 7.85. The standard InChI is InChI=1S/C15H15N3O2S/c1-8-16-14-13(15(20)17-8)11(7-12(19)18-14)9-3-5-10(21-2)6-4-9/h3-6,11H,7H2,1-2H3,(H2,16,17,18,19,20). The van der Waals surface area contributed by atoms with Crippen LogP contribution >= 0.6 is 11.8 Å². The lowest BCUT2D eigenvalue weighted by Crippen LogP contribution is -2.31. The molecule has 0 spiro atoms. The molecule has 0 radical (unpaired) electrons. The number of rotatable bonds is 2. The number of nitrogens with one attached hydrogen (secondary N) is 2. The molecule has 108 valence electrons. The Kier molecular flexibility index (Phi) is 3.55. The van der Waals surface area contributed by atoms with Crippen molar-refractivity contribution >= 4 is 23.5 Å². The van der Waals surface area contributed by atoms with Crippen molar-refractivity contribution in [1.29, 1.82) is 0 Å². The number of aromatic nitrogens is 2. The molecule has 0 saturated carbocycles. The highest BCUT2D eigenvalue weighted by molar-refractivity contribution is 7.98. The topological polar surface area (TPSA) is 74.8 Å². The van der Waals surface area contributed by atoms with E-state index in [1.54, 1.807) is 18.7 Å². The van der Waals surface area contributed by atoms with E-state index in [1.807, 2.05) is 30.5 Å². The third-order valence-corrected chi connectivity index (χ3v) is 4.33. The van der Waals surface area contributed by atoms with Crippen molar-refractivity contribution in [3.63, 3.8) is 0 Å². The maximum atomic E-state index is 12.2. The fraction of sp³-hybridized carbons (Fsp3) is 0.267. The Morgan fingerprint density at radius 2 is 1.95 bits per heavy atom. The number of hydrogen-bond donors (Lipinski definition) is 2. The van der Waals surface area contributed by atoms with Crippen LogP contribution in [0, 0.1) is 6.92 Å². The number of nitrogens with zero attached hydrogens (tertiary/aromatic N) is 1. The number of aromatic amines is 1. The second-order valence-electron chi connectivity index (χ2n) is 4.99. The van der Waals surface area contributed by atoms with E-state index in [2.05, 4.69) is 15.3 Å². The number of fused-ring (bicyclic) bond motifs is 1. The minimum atomic E-state index is -0.249. The third-order valence-electron chi connectivity index (χ3n) is 3.59. The van der Waals surface area contributed by atoms with Crippen molar-refractivity contribution in [1.82, 2.24) is 9.97 Å². The summed E-state index contributed by atoms with van der Waals surface area (Å²) in [4.78, 5) is 32.2. The quantitative estimate of drug-likeness (QED) is 0.834. The SMILES string of the molecule is CSc1ccc(C2CC(=O)Nc3nc(C)[nH]c(=O)c32)cc1. The number of benzene rings is 1. The van der Waals surface area contributed by atoms with Crippen LogP contribution in [0.5, 0.6) is 0 Å². The van der Waals surface area contributed by atoms with Crippen molar-refractivity contribution in [3.05, 3.63) is 51.6 Å². The lowest BCUT2D eigenvalue weighted by atomic mass is 9.87. The summed E-state index contributed by atoms with van der Waals surface area (Å²) in [7, 11) is 0. The van der Waals surface area contributed by atoms with Crippen LogP contribution in [0.3, 0.4) is 0 Å². The van der Waals surface area contributed by atoms with Gasteiger partial charge in [-0.05, 0) is 30.9 Å². The van der Waals surface area contributed by atoms with Crippen LogP contribution in [-0.4, -0.2) is 22.1 Å². The van der Waals surface area contributed by atoms with Gasteiger partial charge >= 0.3 is 0 Å². The summed E-state index contributed by atoms with van der Waals surface area (Å²) < 4.78 is 0. The van der Waals surface area contributed by atoms with E-state index >= 15 is 0 Å². The fourth-order valence-electron chi connectivity index (χ4n) is 2.60. The number of aryl methyl sites for hydroxylation is 1. The predicted molar refractivity (Wildman–Crippen MR) is 82.9 cm³/mol. The first kappa shape index (κ1) is 13.9. The molecule has 1 atom stereocenters. The minimum absolute atomic E-state index is 0.112. The van der Waals surface area contributed by atoms with E-state index in [0.717, 1.165) is 10.5 Å². The number of carbonyl (C=O) groups excluding carboxylic acids is 1. The van der Waals surface area contributed by atoms with Gasteiger partial charge in [0.05, 0.1) is 5.56 Å². The zero-order valence-corrected chi connectivity index (χ0v) is 12.6. The highest BCUT2D eigenvalue weighted by Gasteiger charge is 2.30. The molecule has 5 nitrogen and oxygen atoms in total. The largest absolute Gasteiger partial charge is 0.310 e. The smallest absolute Gasteiger partial charge is 0.256 e. The Labute approximate surface area is 126 Å². The summed E-state index contributed by atoms with van der Waals surface area (Å²) in [6.45, 7) is 1.70. The van der Waals surface area contributed by atoms with Gasteiger partial charge in [-0.15, -0.1) is 11.8 Å². The van der Waals surface area contributed by atoms with Gasteiger partial charge in [-0.1, -0.05) is 12.1 Å². The molecule has 1 aromatic carbocycles. The molecule has 2 heterocycles. The zero-order chi connectivity index (χ0) is 15.0. The van der Waals surface area contributed by atoms with E-state index in [4.69, 9.17) is 0 Å². The Balaban J connectivity index is 2.12. The Bertz CT molecular complexity index is 753. The van der Waals surface area contributed by atoms with Gasteiger partial charge in [-0.3, -0.25) is 9.59 Å². The third kappa shape index (κ3) is 2.58. The van der Waals surface area contributed by atoms with Crippen LogP contribution in [0.15, 0.2) is 34.0 Å². The Hall–Kier alpha value is -2.08. The molecule has 0 bridgehead atoms. The van der Waals surface area contributed by atoms with Gasteiger partial charge in [0.15, 0.2) is 0 Å². The van der Waals surface area contributed by atoms with Crippen LogP contribution in [0.1, 0.15) is 29.3 Å². The van der Waals surface area contributed by atoms with E-state index < -0.39 is 0 Å². The molecule has 1 amide bonds. The van der Waals surface area contributed by atoms with E-state index in [1.165, 1.54) is 0 Å². The number of amides is 1. The summed E-state index contributed by atoms with van der Waals surface area (Å²) in [5.41, 5.74) is 1.31. The highest BCUT2D eigenvalue weighted by atomic mass is 32.2. The van der Waals surface area contributed by atoms with Crippen LogP contribution < -0.4 is 10.9 Å². The van der Waals surface area contributed by atoms with Gasteiger partial charge in [0, 0.05) is 17.2 Å². The Morgan fingerprint density at radius 3 is 2.62 bits per heavy atom. The summed E-state index contributed by atoms with van der Waals surface area (Å²) in [6, 6.07) is 7.94. The molecule has 0 saturated heterocycles. The molecule has 2 aromatic rings. The van der Waals surface area contributed by atoms with Crippen LogP contribution in [-0.2, 0) is 4.79 Å². The normalized spacial score (nSPS) is 17.2. The van der Waals surface area contributed by atoms with Crippen LogP contribution in [0.25, 0.3) is 0 Å². The maximum Gasteiger partial charge on any atom is 0.256 e. The molecule has 6 heteroatoms. The molecule has 1 aliphatic rings. The summed E-state index contributed by atoms with van der Waals surface area (Å²) >= 11 is 1.66. The molecule has 21 heavy (non-hydrogen) atoms. The lowest BCUT2D eigenvalue weighted by Gasteiger charge is -2.24. The fourth-order valence-corrected chi connectivity index (χ4v) is 3.01. The van der Waals surface area contributed by atoms with Gasteiger partial charge in [-0.25, -0.2) is 4.98 Å². The van der Waals surface area contributed by atoms with Crippen molar-refractivity contribution < 1.29 is 4.79 Å². The van der Waals surface area contributed by atoms with Gasteiger partial charge in [0.25, 0.3) is 5.56 Å². The molecule has 3 rings (SSSR count). The first-order valence-electron chi connectivity index (χ1n) is 6.63. The second-order valence-corrected chi connectivity index (χ2v) is 5.87. The monoisotopic (exact) mass is 301 g/mol. The van der Waals surface area contributed by atoms with E-state index in [-0.39, 0.29) is 23.8 Å². The van der Waals surface area contributed by atoms with Gasteiger partial charge < -0.3 is 10.3 Å². The van der Waals surface area contributed by atoms with Crippen molar-refractivity contribution in [3.8, 4) is 0 Å². The molecule has 0 fully saturated rings. The summed E-state index contributed by atoms with van der Waals surface area (Å²) in [5.74, 6) is 0.518. The molecular formula is C15H15N3O2S. The molecule has 1 aromatic heterocycles. The lowest BCUT2D eigenvalue weighted by molar-refractivity contribution is -0.116. The second kappa shape index (κ2) is 5.37. The molecule has 1 aliphatic heterocycles. The van der Waals surface area contributed by atoms with E-state index in [0.29, 0.717) is 17.2 Å². The van der Waals surface area contributed by atoms with E-state index in [9.17, 15) is 9.59 Å². The minimum Gasteiger partial charge on any atom is -0.310 e. The predicted octanol–water partition coefficient (Wildman–Crippen LogP) is 2.27. The number of thioether (sulfide) groups is 1. The van der Waals surface area contributed by atoms with Gasteiger partial charge in [0.2, 0.25) is 5.91 Å². The molecular weight excluding hydrogens is 286 g/mol.